The number of nitrogens with zero attached hydrogens (tertiary/aromatic N) is 19. The molecule has 0 saturated carbocycles. The van der Waals surface area contributed by atoms with E-state index in [-0.39, 0.29) is 130 Å². The molecule has 0 amide bonds. The van der Waals surface area contributed by atoms with Crippen LogP contribution in [0.5, 0.6) is 0 Å². The molecule has 0 aliphatic rings. The molecule has 15 rings (SSSR count). The van der Waals surface area contributed by atoms with E-state index in [0.717, 1.165) is 97.7 Å². The van der Waals surface area contributed by atoms with Gasteiger partial charge in [0.1, 0.15) is 59.3 Å². The van der Waals surface area contributed by atoms with Crippen molar-refractivity contribution in [1.82, 2.24) is 61.9 Å². The standard InChI is InChI=1S/C20H20IN4O3.C18H21N4O2.C10H11N3O3.C9H11N3O2.C8H12N.C7H7N3O.C6H5N3O.C3H7Br.CH3I.CH2O3.2K.H/c1-3-25-11-8-16(9-12-25)4-5-17-6-7-18(20-19(17)22-28-23-20)24(2)13-15-27-26-14-10-21;1-3-22-10-8-14(9-11-22)4-5-15-6-7-16(21(2)12-13-23)18-17(15)19-24-20-18;1-13(4-5-14)8-3-2-7(6-15)9-10(8)12-16-11-9;1-12(5-6-13)8-4-2-3-7-9(8)11-14-10-7;1-3-9-6-4-8(2)5-7-9;1-8-5-3-2-4-6-7(5)10-11-9-6;7-4-2-1-3-5-6(4)9-10-8-5;1-2-3-4;1-2;2-1-4-3;;;/h4-9,11-12H,3,13,15H2,1-2H3;4-11,23H,3,12-13H2,1-2H3;2-3,6,14H,4-5H2,1H3;2-4,13H,5-6H2,1H3;4-7H,3H2,1-2H3;2-4,8H,1H3;1-3H,7H2;2-3H2,1H3;1H3;1,3H;;;/q2*+1;;;+1;;;;;;2*+1;-1/p-1. The van der Waals surface area contributed by atoms with Crippen LogP contribution in [-0.2, 0) is 39.1 Å². The predicted octanol–water partition coefficient (Wildman–Crippen LogP) is 5.45. The minimum absolute atomic E-state index is 0. The first-order valence-corrected chi connectivity index (χ1v) is 42.2. The first-order valence-electron chi connectivity index (χ1n) is 37.8. The summed E-state index contributed by atoms with van der Waals surface area (Å²) >= 11 is 7.28. The van der Waals surface area contributed by atoms with Crippen LogP contribution in [0.25, 0.3) is 90.5 Å². The quantitative estimate of drug-likeness (QED) is 0.00453. The summed E-state index contributed by atoms with van der Waals surface area (Å²) in [4.78, 5) is 41.3. The van der Waals surface area contributed by atoms with Gasteiger partial charge in [0.15, 0.2) is 82.7 Å². The first-order chi connectivity index (χ1) is 59.5. The second-order valence-electron chi connectivity index (χ2n) is 25.2. The van der Waals surface area contributed by atoms with Gasteiger partial charge in [0.2, 0.25) is 0 Å². The number of alkyl halides is 2. The number of rotatable bonds is 25. The molecule has 41 heteroatoms. The van der Waals surface area contributed by atoms with Crippen molar-refractivity contribution in [3.8, 4) is 10.0 Å². The fourth-order valence-electron chi connectivity index (χ4n) is 10.7. The number of anilines is 6. The van der Waals surface area contributed by atoms with Crippen LogP contribution in [0.4, 0.5) is 34.1 Å². The van der Waals surface area contributed by atoms with Crippen molar-refractivity contribution in [2.24, 2.45) is 0 Å². The molecule has 0 fully saturated rings. The van der Waals surface area contributed by atoms with E-state index in [1.165, 1.54) is 12.0 Å². The molecule has 6 N–H and O–H groups in total. The summed E-state index contributed by atoms with van der Waals surface area (Å²) in [6.07, 6.45) is 24.9. The number of fused-ring (bicyclic) bond motifs is 6. The molecule has 0 saturated heterocycles. The average molecular weight is 2040 g/mol. The van der Waals surface area contributed by atoms with Gasteiger partial charge in [0.05, 0.1) is 53.9 Å². The molecule has 6 aromatic carbocycles. The maximum Gasteiger partial charge on any atom is 1.00 e. The summed E-state index contributed by atoms with van der Waals surface area (Å²) in [5, 5.41) is 85.2. The van der Waals surface area contributed by atoms with Gasteiger partial charge in [0, 0.05) is 146 Å². The Labute approximate surface area is 838 Å². The van der Waals surface area contributed by atoms with E-state index in [9.17, 15) is 4.79 Å². The molecule has 0 aliphatic carbocycles. The fraction of sp³-hybridized carbons (Fsp3) is 0.289. The zero-order valence-corrected chi connectivity index (χ0v) is 83.3. The van der Waals surface area contributed by atoms with Gasteiger partial charge < -0.3 is 57.5 Å². The minimum Gasteiger partial charge on any atom is -1.00 e. The number of carbonyl (C=O) groups is 2. The second-order valence-corrected chi connectivity index (χ2v) is 26.6. The van der Waals surface area contributed by atoms with Gasteiger partial charge in [-0.3, -0.25) is 14.5 Å². The number of aliphatic hydroxyl groups excluding tert-OH is 3. The van der Waals surface area contributed by atoms with Gasteiger partial charge in [-0.2, -0.15) is 4.89 Å². The number of nitrogen functional groups attached to an aromatic ring is 1. The van der Waals surface area contributed by atoms with Gasteiger partial charge in [-0.05, 0) is 178 Å². The first kappa shape index (κ1) is 107. The Balaban J connectivity index is 0.000000379. The van der Waals surface area contributed by atoms with Crippen LogP contribution in [0.3, 0.4) is 0 Å². The summed E-state index contributed by atoms with van der Waals surface area (Å²) in [7, 11) is 9.39. The molecule has 15 aromatic rings. The Bertz CT molecular complexity index is 5670. The van der Waals surface area contributed by atoms with Crippen LogP contribution >= 0.6 is 61.1 Å². The van der Waals surface area contributed by atoms with Crippen LogP contribution in [-0.4, -0.2) is 188 Å². The van der Waals surface area contributed by atoms with Crippen molar-refractivity contribution in [1.29, 1.82) is 0 Å². The number of halogens is 3. The van der Waals surface area contributed by atoms with E-state index in [0.29, 0.717) is 94.5 Å². The molecule has 36 nitrogen and oxygen atoms in total. The van der Waals surface area contributed by atoms with E-state index in [4.69, 9.17) is 50.1 Å². The van der Waals surface area contributed by atoms with Crippen molar-refractivity contribution in [3.63, 3.8) is 0 Å². The van der Waals surface area contributed by atoms with Crippen molar-refractivity contribution in [2.75, 3.05) is 129 Å². The third-order valence-electron chi connectivity index (χ3n) is 17.3. The number of nitrogens with one attached hydrogen (secondary N) is 1. The van der Waals surface area contributed by atoms with Gasteiger partial charge in [-0.25, -0.2) is 41.5 Å². The number of nitrogens with two attached hydrogens (primary N) is 1. The Morgan fingerprint density at radius 3 is 1.23 bits per heavy atom. The predicted molar refractivity (Wildman–Crippen MR) is 485 cm³/mol. The number of pyridine rings is 3. The Morgan fingerprint density at radius 1 is 0.492 bits per heavy atom. The Kier molecular flexibility index (Phi) is 53.1. The normalized spacial score (nSPS) is 10.1. The molecular weight excluding hydrogens is 1940 g/mol. The molecule has 0 spiro atoms. The summed E-state index contributed by atoms with van der Waals surface area (Å²) in [6.45, 7) is 16.1. The smallest absolute Gasteiger partial charge is 1.00 e. The molecule has 124 heavy (non-hydrogen) atoms. The SMILES string of the molecule is CCCBr.CC[n+]1ccc(/C=C/c2ccc(N(C)CCO)c3nonc23)cc1.CC[n+]1ccc(/C=C/c2ccc(N(C)CCOOC#CI)c3nonc23)cc1.CC[n+]1ccc(C)cc1.CI.CN(CCO)c1ccc(C=O)c2nonc12.CN(CCO)c1cccc2nonc12.CNc1cccc2nonc12.Nc1cccc2nonc12.O=CO[O-].[H-].[K+].[K+]. The summed E-state index contributed by atoms with van der Waals surface area (Å²) in [5.41, 5.74) is 24.6. The average Bonchev–Trinajstić information content (AvgIpc) is 1.80. The van der Waals surface area contributed by atoms with Gasteiger partial charge >= 0.3 is 103 Å². The van der Waals surface area contributed by atoms with Crippen LogP contribution < -0.4 is 152 Å². The maximum absolute atomic E-state index is 10.8. The summed E-state index contributed by atoms with van der Waals surface area (Å²) in [5.74, 6) is 0. The van der Waals surface area contributed by atoms with Crippen molar-refractivity contribution in [2.45, 2.75) is 60.7 Å². The van der Waals surface area contributed by atoms with E-state index in [1.807, 2.05) is 173 Å². The molecular formula is C83H99BrI2K2N21O15+3. The molecule has 0 atom stereocenters. The largest absolute Gasteiger partial charge is 1.00 e. The molecule has 0 radical (unpaired) electrons. The van der Waals surface area contributed by atoms with Gasteiger partial charge in [0.25, 0.3) is 6.47 Å². The van der Waals surface area contributed by atoms with E-state index in [1.54, 1.807) is 24.3 Å². The van der Waals surface area contributed by atoms with Crippen LogP contribution in [0.2, 0.25) is 0 Å². The topological polar surface area (TPSA) is 442 Å². The number of hydrogen-bond acceptors (Lipinski definition) is 33. The Hall–Kier alpha value is -9.04. The number of aromatic nitrogens is 15. The molecule has 0 bridgehead atoms. The van der Waals surface area contributed by atoms with Gasteiger partial charge in [-0.15, -0.1) is 0 Å². The van der Waals surface area contributed by atoms with Crippen LogP contribution in [0.15, 0.2) is 192 Å². The number of likely N-dealkylation sites (N-methyl/N-ethyl adjacent to an activating group) is 4. The summed E-state index contributed by atoms with van der Waals surface area (Å²) in [6, 6.07) is 40.6. The zero-order valence-electron chi connectivity index (χ0n) is 72.2. The molecule has 646 valence electrons. The molecule has 0 aliphatic heterocycles. The molecule has 0 unspecified atom stereocenters. The number of hydrogen-bond donors (Lipinski definition) is 5. The van der Waals surface area contributed by atoms with Crippen LogP contribution in [0, 0.1) is 17.0 Å². The number of carbonyl (C=O) groups excluding carboxylic acids is 2. The zero-order chi connectivity index (χ0) is 88.4. The number of aryl methyl sites for hydroxylation is 4. The van der Waals surface area contributed by atoms with E-state index in [2.05, 4.69) is 261 Å². The third-order valence-corrected chi connectivity index (χ3v) is 18.3. The van der Waals surface area contributed by atoms with Gasteiger partial charge in [-0.1, -0.05) is 100 Å². The second kappa shape index (κ2) is 61.3. The molecule has 9 heterocycles. The number of aliphatic hydroxyl groups is 3. The minimum atomic E-state index is -0.181. The van der Waals surface area contributed by atoms with Crippen molar-refractivity contribution in [3.05, 3.63) is 198 Å². The summed E-state index contributed by atoms with van der Waals surface area (Å²) < 4.78 is 37.2. The van der Waals surface area contributed by atoms with E-state index < -0.39 is 0 Å². The number of aldehydes is 1. The fourth-order valence-corrected chi connectivity index (χ4v) is 10.8. The van der Waals surface area contributed by atoms with Crippen molar-refractivity contribution < 1.29 is 190 Å². The monoisotopic (exact) mass is 2040 g/mol. The maximum atomic E-state index is 10.8. The molecule has 9 aromatic heterocycles. The van der Waals surface area contributed by atoms with E-state index >= 15 is 0 Å². The Morgan fingerprint density at radius 2 is 0.839 bits per heavy atom. The van der Waals surface area contributed by atoms with Crippen molar-refractivity contribution >= 4 is 198 Å². The van der Waals surface area contributed by atoms with Crippen LogP contribution in [0.1, 0.15) is 73.7 Å². The third kappa shape index (κ3) is 34.0. The number of benzene rings is 6.